The predicted octanol–water partition coefficient (Wildman–Crippen LogP) is 1.56. The number of aryl methyl sites for hydroxylation is 1. The van der Waals surface area contributed by atoms with Gasteiger partial charge in [-0.1, -0.05) is 0 Å². The van der Waals surface area contributed by atoms with E-state index in [2.05, 4.69) is 5.32 Å². The topological polar surface area (TPSA) is 58.6 Å². The van der Waals surface area contributed by atoms with Gasteiger partial charge in [-0.25, -0.2) is 0 Å². The third-order valence-electron chi connectivity index (χ3n) is 3.32. The van der Waals surface area contributed by atoms with Crippen LogP contribution in [0.1, 0.15) is 18.9 Å². The second kappa shape index (κ2) is 5.30. The number of likely N-dealkylation sites (N-methyl/N-ethyl adjacent to an activating group) is 1. The molecule has 1 N–H and O–H groups in total. The summed E-state index contributed by atoms with van der Waals surface area (Å²) < 4.78 is 5.14. The molecule has 1 atom stereocenters. The van der Waals surface area contributed by atoms with E-state index in [1.807, 2.05) is 25.1 Å². The fraction of sp³-hybridized carbons (Fsp3) is 0.429. The summed E-state index contributed by atoms with van der Waals surface area (Å²) in [5.41, 5.74) is 1.83. The second-order valence-corrected chi connectivity index (χ2v) is 4.56. The number of methoxy groups -OCH3 is 1. The Morgan fingerprint density at radius 2 is 2.16 bits per heavy atom. The molecule has 1 aliphatic heterocycles. The van der Waals surface area contributed by atoms with Crippen molar-refractivity contribution in [3.05, 3.63) is 23.8 Å². The first-order valence-electron chi connectivity index (χ1n) is 6.32. The Hall–Kier alpha value is -2.04. The van der Waals surface area contributed by atoms with Crippen LogP contribution in [-0.2, 0) is 9.59 Å². The highest BCUT2D eigenvalue weighted by Crippen LogP contribution is 2.24. The van der Waals surface area contributed by atoms with Crippen LogP contribution in [0.25, 0.3) is 0 Å². The zero-order valence-corrected chi connectivity index (χ0v) is 11.4. The van der Waals surface area contributed by atoms with Gasteiger partial charge in [0.2, 0.25) is 5.91 Å². The Balaban J connectivity index is 2.14. The molecule has 0 saturated carbocycles. The average Bonchev–Trinajstić information content (AvgIpc) is 2.66. The summed E-state index contributed by atoms with van der Waals surface area (Å²) >= 11 is 0. The lowest BCUT2D eigenvalue weighted by molar-refractivity contribution is -0.138. The van der Waals surface area contributed by atoms with E-state index >= 15 is 0 Å². The highest BCUT2D eigenvalue weighted by molar-refractivity contribution is 6.06. The van der Waals surface area contributed by atoms with Gasteiger partial charge in [0.25, 0.3) is 5.91 Å². The standard InChI is InChI=1S/C14H18N2O3/c1-4-16-13(17)8-12(14(16)18)15-11-6-5-10(19-3)7-9(11)2/h5-7,12,15H,4,8H2,1-3H3. The first-order valence-corrected chi connectivity index (χ1v) is 6.32. The number of amides is 2. The van der Waals surface area contributed by atoms with Crippen molar-refractivity contribution in [2.75, 3.05) is 19.0 Å². The molecule has 0 radical (unpaired) electrons. The average molecular weight is 262 g/mol. The number of nitrogens with zero attached hydrogens (tertiary/aromatic N) is 1. The molecule has 0 aromatic heterocycles. The first kappa shape index (κ1) is 13.4. The molecule has 5 heteroatoms. The van der Waals surface area contributed by atoms with E-state index < -0.39 is 6.04 Å². The number of rotatable bonds is 4. The fourth-order valence-corrected chi connectivity index (χ4v) is 2.24. The molecule has 0 bridgehead atoms. The predicted molar refractivity (Wildman–Crippen MR) is 72.2 cm³/mol. The van der Waals surface area contributed by atoms with Gasteiger partial charge in [0, 0.05) is 12.2 Å². The van der Waals surface area contributed by atoms with Crippen molar-refractivity contribution < 1.29 is 14.3 Å². The number of hydrogen-bond acceptors (Lipinski definition) is 4. The molecule has 1 aromatic rings. The van der Waals surface area contributed by atoms with Crippen molar-refractivity contribution in [1.82, 2.24) is 4.90 Å². The van der Waals surface area contributed by atoms with Gasteiger partial charge in [-0.3, -0.25) is 14.5 Å². The SMILES string of the molecule is CCN1C(=O)CC(Nc2ccc(OC)cc2C)C1=O. The van der Waals surface area contributed by atoms with Crippen LogP contribution in [0.5, 0.6) is 5.75 Å². The van der Waals surface area contributed by atoms with E-state index in [-0.39, 0.29) is 18.2 Å². The molecule has 1 saturated heterocycles. The van der Waals surface area contributed by atoms with Gasteiger partial charge in [0.15, 0.2) is 0 Å². The fourth-order valence-electron chi connectivity index (χ4n) is 2.24. The second-order valence-electron chi connectivity index (χ2n) is 4.56. The van der Waals surface area contributed by atoms with Crippen molar-refractivity contribution in [1.29, 1.82) is 0 Å². The smallest absolute Gasteiger partial charge is 0.252 e. The number of likely N-dealkylation sites (tertiary alicyclic amines) is 1. The summed E-state index contributed by atoms with van der Waals surface area (Å²) in [4.78, 5) is 24.9. The number of hydrogen-bond donors (Lipinski definition) is 1. The third kappa shape index (κ3) is 2.54. The Bertz CT molecular complexity index is 513. The Morgan fingerprint density at radius 1 is 1.42 bits per heavy atom. The number of anilines is 1. The molecule has 2 amide bonds. The minimum Gasteiger partial charge on any atom is -0.497 e. The third-order valence-corrected chi connectivity index (χ3v) is 3.32. The molecule has 1 unspecified atom stereocenters. The van der Waals surface area contributed by atoms with Crippen LogP contribution in [0.4, 0.5) is 5.69 Å². The number of benzene rings is 1. The summed E-state index contributed by atoms with van der Waals surface area (Å²) in [6.45, 7) is 4.16. The van der Waals surface area contributed by atoms with Crippen LogP contribution >= 0.6 is 0 Å². The highest BCUT2D eigenvalue weighted by Gasteiger charge is 2.37. The first-order chi connectivity index (χ1) is 9.06. The molecular weight excluding hydrogens is 244 g/mol. The van der Waals surface area contributed by atoms with Crippen LogP contribution < -0.4 is 10.1 Å². The lowest BCUT2D eigenvalue weighted by atomic mass is 10.1. The van der Waals surface area contributed by atoms with Crippen LogP contribution in [0.3, 0.4) is 0 Å². The van der Waals surface area contributed by atoms with Crippen molar-refractivity contribution in [2.45, 2.75) is 26.3 Å². The van der Waals surface area contributed by atoms with Crippen molar-refractivity contribution >= 4 is 17.5 Å². The molecule has 1 aromatic carbocycles. The van der Waals surface area contributed by atoms with E-state index in [1.165, 1.54) is 4.90 Å². The molecule has 1 heterocycles. The summed E-state index contributed by atoms with van der Waals surface area (Å²) in [6.07, 6.45) is 0.220. The summed E-state index contributed by atoms with van der Waals surface area (Å²) in [5, 5.41) is 3.14. The lowest BCUT2D eigenvalue weighted by Gasteiger charge is -2.16. The lowest BCUT2D eigenvalue weighted by Crippen LogP contribution is -2.34. The van der Waals surface area contributed by atoms with Crippen LogP contribution in [0.15, 0.2) is 18.2 Å². The van der Waals surface area contributed by atoms with Crippen LogP contribution in [0.2, 0.25) is 0 Å². The zero-order valence-electron chi connectivity index (χ0n) is 11.4. The quantitative estimate of drug-likeness (QED) is 0.837. The molecule has 0 aliphatic carbocycles. The largest absolute Gasteiger partial charge is 0.497 e. The number of imide groups is 1. The molecule has 2 rings (SSSR count). The zero-order chi connectivity index (χ0) is 14.0. The Morgan fingerprint density at radius 3 is 2.68 bits per heavy atom. The summed E-state index contributed by atoms with van der Waals surface area (Å²) in [6, 6.07) is 5.12. The van der Waals surface area contributed by atoms with Gasteiger partial charge >= 0.3 is 0 Å². The van der Waals surface area contributed by atoms with E-state index in [1.54, 1.807) is 14.0 Å². The minimum absolute atomic E-state index is 0.115. The Labute approximate surface area is 112 Å². The van der Waals surface area contributed by atoms with Gasteiger partial charge < -0.3 is 10.1 Å². The molecule has 1 fully saturated rings. The highest BCUT2D eigenvalue weighted by atomic mass is 16.5. The monoisotopic (exact) mass is 262 g/mol. The molecule has 19 heavy (non-hydrogen) atoms. The molecule has 5 nitrogen and oxygen atoms in total. The normalized spacial score (nSPS) is 18.9. The van der Waals surface area contributed by atoms with E-state index in [0.29, 0.717) is 6.54 Å². The van der Waals surface area contributed by atoms with Crippen LogP contribution in [0, 0.1) is 6.92 Å². The van der Waals surface area contributed by atoms with Gasteiger partial charge in [0.1, 0.15) is 11.8 Å². The minimum atomic E-state index is -0.459. The van der Waals surface area contributed by atoms with Crippen molar-refractivity contribution in [3.8, 4) is 5.75 Å². The van der Waals surface area contributed by atoms with Crippen molar-refractivity contribution in [2.24, 2.45) is 0 Å². The van der Waals surface area contributed by atoms with Crippen molar-refractivity contribution in [3.63, 3.8) is 0 Å². The summed E-state index contributed by atoms with van der Waals surface area (Å²) in [5.74, 6) is 0.506. The molecular formula is C14H18N2O3. The van der Waals surface area contributed by atoms with E-state index in [4.69, 9.17) is 4.74 Å². The van der Waals surface area contributed by atoms with E-state index in [9.17, 15) is 9.59 Å². The van der Waals surface area contributed by atoms with Gasteiger partial charge in [-0.2, -0.15) is 0 Å². The molecule has 102 valence electrons. The van der Waals surface area contributed by atoms with E-state index in [0.717, 1.165) is 17.0 Å². The molecule has 0 spiro atoms. The van der Waals surface area contributed by atoms with Crippen LogP contribution in [-0.4, -0.2) is 36.4 Å². The number of nitrogens with one attached hydrogen (secondary N) is 1. The maximum atomic E-state index is 12.0. The van der Waals surface area contributed by atoms with Gasteiger partial charge in [-0.15, -0.1) is 0 Å². The maximum absolute atomic E-state index is 12.0. The number of carbonyl (C=O) groups excluding carboxylic acids is 2. The Kier molecular flexibility index (Phi) is 3.74. The molecule has 1 aliphatic rings. The van der Waals surface area contributed by atoms with Gasteiger partial charge in [-0.05, 0) is 37.6 Å². The van der Waals surface area contributed by atoms with Gasteiger partial charge in [0.05, 0.1) is 13.5 Å². The summed E-state index contributed by atoms with van der Waals surface area (Å²) in [7, 11) is 1.61. The maximum Gasteiger partial charge on any atom is 0.252 e. The number of carbonyl (C=O) groups is 2. The number of ether oxygens (including phenoxy) is 1.